The molecular weight excluding hydrogens is 483 g/mol. The number of hydrogen-bond donors (Lipinski definition) is 2. The Hall–Kier alpha value is -4.40. The van der Waals surface area contributed by atoms with Crippen LogP contribution in [0.4, 0.5) is 0 Å². The minimum Gasteiger partial charge on any atom is -0.489 e. The van der Waals surface area contributed by atoms with Gasteiger partial charge in [-0.2, -0.15) is 0 Å². The molecule has 0 bridgehead atoms. The van der Waals surface area contributed by atoms with Crippen molar-refractivity contribution in [3.63, 3.8) is 0 Å². The van der Waals surface area contributed by atoms with Crippen LogP contribution in [-0.4, -0.2) is 29.1 Å². The number of carbonyl (C=O) groups excluding carboxylic acids is 2. The summed E-state index contributed by atoms with van der Waals surface area (Å²) < 4.78 is 16.9. The summed E-state index contributed by atoms with van der Waals surface area (Å²) in [6.45, 7) is 5.83. The maximum Gasteiger partial charge on any atom is 0.488 e. The van der Waals surface area contributed by atoms with Gasteiger partial charge in [0.25, 0.3) is 0 Å². The first-order chi connectivity index (χ1) is 18.2. The number of benzene rings is 4. The Labute approximate surface area is 221 Å². The highest BCUT2D eigenvalue weighted by molar-refractivity contribution is 6.58. The Morgan fingerprint density at radius 1 is 0.658 bits per heavy atom. The molecule has 0 atom stereocenters. The quantitative estimate of drug-likeness (QED) is 0.207. The first-order valence-electron chi connectivity index (χ1n) is 12.0. The summed E-state index contributed by atoms with van der Waals surface area (Å²) in [5, 5.41) is 18.3. The molecule has 4 rings (SSSR count). The molecule has 2 N–H and O–H groups in total. The van der Waals surface area contributed by atoms with Crippen molar-refractivity contribution < 1.29 is 33.8 Å². The van der Waals surface area contributed by atoms with E-state index in [0.717, 1.165) is 11.1 Å². The first-order valence-corrected chi connectivity index (χ1v) is 12.0. The van der Waals surface area contributed by atoms with Crippen LogP contribution in [0.1, 0.15) is 43.0 Å². The van der Waals surface area contributed by atoms with Gasteiger partial charge in [-0.1, -0.05) is 42.0 Å². The molecule has 8 heteroatoms. The zero-order valence-corrected chi connectivity index (χ0v) is 21.3. The Morgan fingerprint density at radius 3 is 1.61 bits per heavy atom. The number of carbonyl (C=O) groups is 2. The van der Waals surface area contributed by atoms with Crippen LogP contribution in [-0.2, 0) is 6.61 Å². The molecule has 7 nitrogen and oxygen atoms in total. The lowest BCUT2D eigenvalue weighted by atomic mass is 9.80. The first kappa shape index (κ1) is 26.7. The van der Waals surface area contributed by atoms with Crippen molar-refractivity contribution in [2.45, 2.75) is 27.4 Å². The van der Waals surface area contributed by atoms with Crippen molar-refractivity contribution in [2.75, 3.05) is 0 Å². The van der Waals surface area contributed by atoms with Gasteiger partial charge in [0, 0.05) is 0 Å². The van der Waals surface area contributed by atoms with Gasteiger partial charge in [-0.25, -0.2) is 9.59 Å². The van der Waals surface area contributed by atoms with E-state index in [1.165, 1.54) is 0 Å². The van der Waals surface area contributed by atoms with Gasteiger partial charge in [0.05, 0.1) is 11.1 Å². The predicted octanol–water partition coefficient (Wildman–Crippen LogP) is 4.31. The highest BCUT2D eigenvalue weighted by Crippen LogP contribution is 2.30. The van der Waals surface area contributed by atoms with E-state index in [4.69, 9.17) is 24.3 Å². The van der Waals surface area contributed by atoms with E-state index < -0.39 is 19.1 Å². The van der Waals surface area contributed by atoms with Gasteiger partial charge < -0.3 is 24.3 Å². The number of aryl methyl sites for hydroxylation is 1. The number of rotatable bonds is 8. The van der Waals surface area contributed by atoms with E-state index in [-0.39, 0.29) is 6.61 Å². The molecule has 0 fully saturated rings. The molecule has 0 spiro atoms. The zero-order chi connectivity index (χ0) is 27.2. The minimum atomic E-state index is -1.52. The monoisotopic (exact) mass is 510 g/mol. The zero-order valence-electron chi connectivity index (χ0n) is 21.3. The van der Waals surface area contributed by atoms with Crippen molar-refractivity contribution in [3.05, 3.63) is 118 Å². The Morgan fingerprint density at radius 2 is 1.13 bits per heavy atom. The smallest absolute Gasteiger partial charge is 0.488 e. The minimum absolute atomic E-state index is 0.275. The highest BCUT2D eigenvalue weighted by Gasteiger charge is 2.16. The van der Waals surface area contributed by atoms with Crippen LogP contribution in [0, 0.1) is 20.8 Å². The number of esters is 2. The van der Waals surface area contributed by atoms with E-state index >= 15 is 0 Å². The van der Waals surface area contributed by atoms with Crippen LogP contribution in [0.15, 0.2) is 84.9 Å². The largest absolute Gasteiger partial charge is 0.489 e. The van der Waals surface area contributed by atoms with Gasteiger partial charge >= 0.3 is 19.1 Å². The van der Waals surface area contributed by atoms with Crippen molar-refractivity contribution in [1.82, 2.24) is 0 Å². The van der Waals surface area contributed by atoms with Gasteiger partial charge in [0.15, 0.2) is 0 Å². The normalized spacial score (nSPS) is 10.6. The standard InChI is InChI=1S/C30H27BO7/c1-19-4-8-23(9-5-19)29(32)37-27-16-17-28(21(3)20(27)2)38-30(33)24-10-6-22(7-11-24)18-36-26-14-12-25(13-15-26)31(34)35/h4-17,34-35H,18H2,1-3H3. The van der Waals surface area contributed by atoms with Gasteiger partial charge in [0.2, 0.25) is 0 Å². The lowest BCUT2D eigenvalue weighted by Crippen LogP contribution is -2.29. The fraction of sp³-hybridized carbons (Fsp3) is 0.133. The summed E-state index contributed by atoms with van der Waals surface area (Å²) in [7, 11) is -1.52. The van der Waals surface area contributed by atoms with Crippen molar-refractivity contribution in [1.29, 1.82) is 0 Å². The van der Waals surface area contributed by atoms with E-state index in [1.54, 1.807) is 86.6 Å². The van der Waals surface area contributed by atoms with Crippen LogP contribution < -0.4 is 19.7 Å². The number of hydrogen-bond acceptors (Lipinski definition) is 7. The molecule has 0 aliphatic heterocycles. The molecule has 0 amide bonds. The van der Waals surface area contributed by atoms with E-state index in [9.17, 15) is 9.59 Å². The molecule has 0 saturated heterocycles. The Bertz CT molecular complexity index is 1430. The molecule has 0 aliphatic carbocycles. The maximum atomic E-state index is 12.8. The van der Waals surface area contributed by atoms with Gasteiger partial charge in [0.1, 0.15) is 23.9 Å². The molecule has 0 aromatic heterocycles. The van der Waals surface area contributed by atoms with Crippen LogP contribution in [0.5, 0.6) is 17.2 Å². The lowest BCUT2D eigenvalue weighted by Gasteiger charge is -2.14. The van der Waals surface area contributed by atoms with Crippen molar-refractivity contribution >= 4 is 24.5 Å². The topological polar surface area (TPSA) is 102 Å². The summed E-state index contributed by atoms with van der Waals surface area (Å²) in [5.74, 6) is 0.396. The number of ether oxygens (including phenoxy) is 3. The van der Waals surface area contributed by atoms with Gasteiger partial charge in [-0.15, -0.1) is 0 Å². The molecule has 0 radical (unpaired) electrons. The average molecular weight is 510 g/mol. The third-order valence-corrected chi connectivity index (χ3v) is 6.15. The molecule has 4 aromatic rings. The highest BCUT2D eigenvalue weighted by atomic mass is 16.5. The average Bonchev–Trinajstić information content (AvgIpc) is 2.92. The second kappa shape index (κ2) is 11.8. The molecule has 4 aromatic carbocycles. The fourth-order valence-corrected chi connectivity index (χ4v) is 3.64. The molecule has 0 aliphatic rings. The van der Waals surface area contributed by atoms with E-state index in [2.05, 4.69) is 0 Å². The summed E-state index contributed by atoms with van der Waals surface area (Å²) >= 11 is 0. The molecule has 38 heavy (non-hydrogen) atoms. The van der Waals surface area contributed by atoms with Crippen molar-refractivity contribution in [2.24, 2.45) is 0 Å². The van der Waals surface area contributed by atoms with E-state index in [0.29, 0.717) is 45.0 Å². The second-order valence-corrected chi connectivity index (χ2v) is 8.89. The molecule has 0 unspecified atom stereocenters. The molecule has 0 saturated carbocycles. The summed E-state index contributed by atoms with van der Waals surface area (Å²) in [6.07, 6.45) is 0. The fourth-order valence-electron chi connectivity index (χ4n) is 3.64. The second-order valence-electron chi connectivity index (χ2n) is 8.89. The lowest BCUT2D eigenvalue weighted by molar-refractivity contribution is 0.0717. The summed E-state index contributed by atoms with van der Waals surface area (Å²) in [4.78, 5) is 25.2. The Balaban J connectivity index is 1.36. The summed E-state index contributed by atoms with van der Waals surface area (Å²) in [6, 6.07) is 23.7. The molecular formula is C30H27BO7. The third-order valence-electron chi connectivity index (χ3n) is 6.15. The van der Waals surface area contributed by atoms with Crippen LogP contribution in [0.25, 0.3) is 0 Å². The predicted molar refractivity (Wildman–Crippen MR) is 144 cm³/mol. The van der Waals surface area contributed by atoms with Gasteiger partial charge in [-0.05, 0) is 91.5 Å². The van der Waals surface area contributed by atoms with Crippen molar-refractivity contribution in [3.8, 4) is 17.2 Å². The van der Waals surface area contributed by atoms with E-state index in [1.807, 2.05) is 19.1 Å². The summed E-state index contributed by atoms with van der Waals surface area (Å²) in [5.41, 5.74) is 4.50. The maximum absolute atomic E-state index is 12.8. The SMILES string of the molecule is Cc1ccc(C(=O)Oc2ccc(OC(=O)c3ccc(COc4ccc(B(O)O)cc4)cc3)c(C)c2C)cc1. The third kappa shape index (κ3) is 6.48. The van der Waals surface area contributed by atoms with Crippen LogP contribution in [0.2, 0.25) is 0 Å². The van der Waals surface area contributed by atoms with Crippen LogP contribution in [0.3, 0.4) is 0 Å². The molecule has 0 heterocycles. The van der Waals surface area contributed by atoms with Gasteiger partial charge in [-0.3, -0.25) is 0 Å². The Kier molecular flexibility index (Phi) is 8.26. The van der Waals surface area contributed by atoms with Crippen LogP contribution >= 0.6 is 0 Å². The molecule has 192 valence electrons.